The normalized spacial score (nSPS) is 12.3. The molecule has 0 saturated heterocycles. The second-order valence-electron chi connectivity index (χ2n) is 4.18. The number of benzene rings is 1. The Morgan fingerprint density at radius 2 is 2.00 bits per heavy atom. The van der Waals surface area contributed by atoms with E-state index < -0.39 is 12.0 Å². The van der Waals surface area contributed by atoms with E-state index >= 15 is 0 Å². The number of aliphatic hydroxyl groups excluding tert-OH is 1. The predicted octanol–water partition coefficient (Wildman–Crippen LogP) is 1.35. The Hall–Kier alpha value is -1.69. The average molecular weight is 276 g/mol. The van der Waals surface area contributed by atoms with Gasteiger partial charge in [0.15, 0.2) is 0 Å². The summed E-state index contributed by atoms with van der Waals surface area (Å²) in [5, 5.41) is 12.3. The molecule has 0 saturated carbocycles. The van der Waals surface area contributed by atoms with Crippen molar-refractivity contribution in [1.82, 2.24) is 5.32 Å². The minimum Gasteiger partial charge on any atom is -0.382 e. The second kappa shape index (κ2) is 6.47. The first kappa shape index (κ1) is 13.7. The highest BCUT2D eigenvalue weighted by atomic mass is 32.1. The molecule has 100 valence electrons. The van der Waals surface area contributed by atoms with Gasteiger partial charge in [0.1, 0.15) is 6.10 Å². The van der Waals surface area contributed by atoms with Gasteiger partial charge in [-0.05, 0) is 17.7 Å². The summed E-state index contributed by atoms with van der Waals surface area (Å²) in [7, 11) is 0. The van der Waals surface area contributed by atoms with Crippen molar-refractivity contribution in [2.45, 2.75) is 12.6 Å². The number of hydrogen-bond acceptors (Lipinski definition) is 4. The van der Waals surface area contributed by atoms with Crippen LogP contribution in [0.4, 0.5) is 0 Å². The van der Waals surface area contributed by atoms with E-state index in [-0.39, 0.29) is 6.54 Å². The number of carbonyl (C=O) groups excluding carboxylic acids is 1. The molecule has 0 aliphatic heterocycles. The minimum atomic E-state index is -1.13. The number of nitrogens with one attached hydrogen (secondary N) is 1. The molecule has 1 atom stereocenters. The highest BCUT2D eigenvalue weighted by Crippen LogP contribution is 2.27. The quantitative estimate of drug-likeness (QED) is 0.745. The molecule has 0 fully saturated rings. The molecule has 2 rings (SSSR count). The maximum absolute atomic E-state index is 10.7. The van der Waals surface area contributed by atoms with Gasteiger partial charge in [-0.1, -0.05) is 30.3 Å². The lowest BCUT2D eigenvalue weighted by Crippen LogP contribution is -2.37. The van der Waals surface area contributed by atoms with Gasteiger partial charge in [-0.2, -0.15) is 0 Å². The van der Waals surface area contributed by atoms with Gasteiger partial charge >= 0.3 is 0 Å². The highest BCUT2D eigenvalue weighted by Gasteiger charge is 2.10. The SMILES string of the molecule is NC(=O)C(O)CNCc1ccc(-c2ccccc2)s1. The fourth-order valence-electron chi connectivity index (χ4n) is 1.66. The van der Waals surface area contributed by atoms with E-state index in [2.05, 4.69) is 23.5 Å². The number of primary amides is 1. The van der Waals surface area contributed by atoms with Gasteiger partial charge in [0.25, 0.3) is 0 Å². The Morgan fingerprint density at radius 3 is 2.68 bits per heavy atom. The van der Waals surface area contributed by atoms with Gasteiger partial charge in [0, 0.05) is 22.8 Å². The summed E-state index contributed by atoms with van der Waals surface area (Å²) in [5.41, 5.74) is 6.16. The summed E-state index contributed by atoms with van der Waals surface area (Å²) >= 11 is 1.69. The molecule has 0 radical (unpaired) electrons. The van der Waals surface area contributed by atoms with Crippen molar-refractivity contribution in [1.29, 1.82) is 0 Å². The molecule has 0 aliphatic carbocycles. The van der Waals surface area contributed by atoms with E-state index in [1.807, 2.05) is 24.3 Å². The van der Waals surface area contributed by atoms with E-state index in [1.165, 1.54) is 10.4 Å². The van der Waals surface area contributed by atoms with Crippen LogP contribution in [0.1, 0.15) is 4.88 Å². The van der Waals surface area contributed by atoms with Crippen molar-refractivity contribution in [2.75, 3.05) is 6.54 Å². The van der Waals surface area contributed by atoms with Gasteiger partial charge in [-0.25, -0.2) is 0 Å². The van der Waals surface area contributed by atoms with Crippen molar-refractivity contribution >= 4 is 17.2 Å². The Kier molecular flexibility index (Phi) is 4.68. The Labute approximate surface area is 115 Å². The first-order valence-corrected chi connectivity index (χ1v) is 6.80. The van der Waals surface area contributed by atoms with Crippen LogP contribution >= 0.6 is 11.3 Å². The van der Waals surface area contributed by atoms with E-state index in [1.54, 1.807) is 11.3 Å². The lowest BCUT2D eigenvalue weighted by Gasteiger charge is -2.06. The van der Waals surface area contributed by atoms with Crippen molar-refractivity contribution in [3.8, 4) is 10.4 Å². The minimum absolute atomic E-state index is 0.175. The number of amides is 1. The molecule has 1 unspecified atom stereocenters. The summed E-state index contributed by atoms with van der Waals surface area (Å²) in [6.07, 6.45) is -1.13. The van der Waals surface area contributed by atoms with E-state index in [4.69, 9.17) is 5.73 Å². The van der Waals surface area contributed by atoms with E-state index in [0.29, 0.717) is 6.54 Å². The standard InChI is InChI=1S/C14H16N2O2S/c15-14(18)12(17)9-16-8-11-6-7-13(19-11)10-4-2-1-3-5-10/h1-7,12,16-17H,8-9H2,(H2,15,18). The molecule has 0 spiro atoms. The Balaban J connectivity index is 1.90. The molecule has 1 amide bonds. The lowest BCUT2D eigenvalue weighted by molar-refractivity contribution is -0.125. The molecule has 1 aromatic heterocycles. The third kappa shape index (κ3) is 3.89. The second-order valence-corrected chi connectivity index (χ2v) is 5.35. The van der Waals surface area contributed by atoms with Crippen LogP contribution in [-0.4, -0.2) is 23.7 Å². The van der Waals surface area contributed by atoms with Crippen LogP contribution in [-0.2, 0) is 11.3 Å². The highest BCUT2D eigenvalue weighted by molar-refractivity contribution is 7.15. The van der Waals surface area contributed by atoms with Crippen molar-refractivity contribution in [3.05, 3.63) is 47.3 Å². The maximum atomic E-state index is 10.7. The molecule has 0 bridgehead atoms. The fourth-order valence-corrected chi connectivity index (χ4v) is 2.65. The zero-order valence-electron chi connectivity index (χ0n) is 10.4. The van der Waals surface area contributed by atoms with E-state index in [0.717, 1.165) is 4.88 Å². The zero-order chi connectivity index (χ0) is 13.7. The number of rotatable bonds is 6. The lowest BCUT2D eigenvalue weighted by atomic mass is 10.2. The Morgan fingerprint density at radius 1 is 1.26 bits per heavy atom. The van der Waals surface area contributed by atoms with Gasteiger partial charge in [-0.15, -0.1) is 11.3 Å². The van der Waals surface area contributed by atoms with Crippen LogP contribution in [0.2, 0.25) is 0 Å². The van der Waals surface area contributed by atoms with E-state index in [9.17, 15) is 9.90 Å². The smallest absolute Gasteiger partial charge is 0.247 e. The number of thiophene rings is 1. The zero-order valence-corrected chi connectivity index (χ0v) is 11.2. The van der Waals surface area contributed by atoms with Crippen molar-refractivity contribution in [3.63, 3.8) is 0 Å². The van der Waals surface area contributed by atoms with Crippen LogP contribution in [0, 0.1) is 0 Å². The molecule has 1 aromatic carbocycles. The monoisotopic (exact) mass is 276 g/mol. The average Bonchev–Trinajstić information content (AvgIpc) is 2.88. The Bertz CT molecular complexity index is 539. The summed E-state index contributed by atoms with van der Waals surface area (Å²) in [4.78, 5) is 13.0. The van der Waals surface area contributed by atoms with Gasteiger partial charge in [0.05, 0.1) is 0 Å². The molecule has 1 heterocycles. The molecular formula is C14H16N2O2S. The topological polar surface area (TPSA) is 75.4 Å². The van der Waals surface area contributed by atoms with Crippen LogP contribution in [0.25, 0.3) is 10.4 Å². The van der Waals surface area contributed by atoms with Crippen LogP contribution in [0.5, 0.6) is 0 Å². The summed E-state index contributed by atoms with van der Waals surface area (Å²) in [6.45, 7) is 0.787. The third-order valence-corrected chi connectivity index (χ3v) is 3.82. The summed E-state index contributed by atoms with van der Waals surface area (Å²) in [6, 6.07) is 14.3. The van der Waals surface area contributed by atoms with Crippen molar-refractivity contribution < 1.29 is 9.90 Å². The molecule has 19 heavy (non-hydrogen) atoms. The maximum Gasteiger partial charge on any atom is 0.247 e. The third-order valence-electron chi connectivity index (χ3n) is 2.69. The van der Waals surface area contributed by atoms with Crippen LogP contribution in [0.3, 0.4) is 0 Å². The van der Waals surface area contributed by atoms with Gasteiger partial charge in [0.2, 0.25) is 5.91 Å². The molecule has 4 N–H and O–H groups in total. The first-order valence-electron chi connectivity index (χ1n) is 5.99. The largest absolute Gasteiger partial charge is 0.382 e. The fraction of sp³-hybridized carbons (Fsp3) is 0.214. The number of hydrogen-bond donors (Lipinski definition) is 3. The summed E-state index contributed by atoms with van der Waals surface area (Å²) in [5.74, 6) is -0.705. The molecule has 5 heteroatoms. The number of carbonyl (C=O) groups is 1. The van der Waals surface area contributed by atoms with Crippen molar-refractivity contribution in [2.24, 2.45) is 5.73 Å². The van der Waals surface area contributed by atoms with Crippen LogP contribution in [0.15, 0.2) is 42.5 Å². The number of aliphatic hydroxyl groups is 1. The molecule has 0 aliphatic rings. The summed E-state index contributed by atoms with van der Waals surface area (Å²) < 4.78 is 0. The predicted molar refractivity (Wildman–Crippen MR) is 76.7 cm³/mol. The molecule has 2 aromatic rings. The van der Waals surface area contributed by atoms with Gasteiger partial charge in [-0.3, -0.25) is 4.79 Å². The molecular weight excluding hydrogens is 260 g/mol. The molecule has 4 nitrogen and oxygen atoms in total. The van der Waals surface area contributed by atoms with Gasteiger partial charge < -0.3 is 16.2 Å². The first-order chi connectivity index (χ1) is 9.16. The number of nitrogens with two attached hydrogens (primary N) is 1. The van der Waals surface area contributed by atoms with Crippen LogP contribution < -0.4 is 11.1 Å².